The Morgan fingerprint density at radius 2 is 1.41 bits per heavy atom. The largest absolute Gasteiger partial charge is 0.486 e. The van der Waals surface area contributed by atoms with E-state index in [0.717, 1.165) is 0 Å². The van der Waals surface area contributed by atoms with E-state index >= 15 is 0 Å². The second-order valence-electron chi connectivity index (χ2n) is 6.30. The summed E-state index contributed by atoms with van der Waals surface area (Å²) in [6.45, 7) is 0.553. The third-order valence-corrected chi connectivity index (χ3v) is 4.27. The lowest BCUT2D eigenvalue weighted by molar-refractivity contribution is 0.0474. The smallest absolute Gasteiger partial charge is 0.338 e. The van der Waals surface area contributed by atoms with Crippen LogP contribution in [0, 0.1) is 0 Å². The first-order valence-corrected chi connectivity index (χ1v) is 9.12. The Labute approximate surface area is 167 Å². The van der Waals surface area contributed by atoms with Gasteiger partial charge in [0.15, 0.2) is 23.9 Å². The molecule has 0 bridgehead atoms. The van der Waals surface area contributed by atoms with Crippen molar-refractivity contribution in [2.45, 2.75) is 0 Å². The number of carbonyl (C=O) groups excluding carboxylic acids is 2. The van der Waals surface area contributed by atoms with Crippen molar-refractivity contribution in [1.82, 2.24) is 0 Å². The van der Waals surface area contributed by atoms with Crippen LogP contribution in [0.4, 0.5) is 0 Å². The van der Waals surface area contributed by atoms with Crippen molar-refractivity contribution in [3.63, 3.8) is 0 Å². The van der Waals surface area contributed by atoms with E-state index in [1.807, 2.05) is 30.3 Å². The minimum atomic E-state index is -0.581. The van der Waals surface area contributed by atoms with Crippen LogP contribution in [0.2, 0.25) is 0 Å². The van der Waals surface area contributed by atoms with Crippen molar-refractivity contribution in [2.75, 3.05) is 19.8 Å². The molecular formula is C23H18O6. The first-order valence-electron chi connectivity index (χ1n) is 9.12. The summed E-state index contributed by atoms with van der Waals surface area (Å²) in [6, 6.07) is 20.8. The number of rotatable bonds is 6. The van der Waals surface area contributed by atoms with E-state index in [-0.39, 0.29) is 12.4 Å². The van der Waals surface area contributed by atoms with E-state index in [0.29, 0.717) is 47.3 Å². The summed E-state index contributed by atoms with van der Waals surface area (Å²) in [5, 5.41) is 0. The molecule has 0 unspecified atom stereocenters. The fraction of sp³-hybridized carbons (Fsp3) is 0.130. The van der Waals surface area contributed by atoms with Crippen molar-refractivity contribution in [3.8, 4) is 23.0 Å². The minimum Gasteiger partial charge on any atom is -0.486 e. The third-order valence-electron chi connectivity index (χ3n) is 4.27. The Hall–Kier alpha value is -3.80. The molecule has 4 rings (SSSR count). The van der Waals surface area contributed by atoms with Crippen LogP contribution in [-0.2, 0) is 4.74 Å². The quantitative estimate of drug-likeness (QED) is 0.462. The van der Waals surface area contributed by atoms with E-state index in [9.17, 15) is 9.59 Å². The summed E-state index contributed by atoms with van der Waals surface area (Å²) in [5.41, 5.74) is 0.731. The number of benzene rings is 3. The predicted molar refractivity (Wildman–Crippen MR) is 105 cm³/mol. The zero-order valence-electron chi connectivity index (χ0n) is 15.5. The van der Waals surface area contributed by atoms with Crippen molar-refractivity contribution in [2.24, 2.45) is 0 Å². The highest BCUT2D eigenvalue weighted by Gasteiger charge is 2.17. The van der Waals surface area contributed by atoms with Gasteiger partial charge in [-0.1, -0.05) is 18.2 Å². The lowest BCUT2D eigenvalue weighted by atomic mass is 10.1. The number of para-hydroxylation sites is 1. The number of carbonyl (C=O) groups is 2. The fourth-order valence-electron chi connectivity index (χ4n) is 2.80. The maximum absolute atomic E-state index is 12.3. The van der Waals surface area contributed by atoms with Crippen LogP contribution < -0.4 is 14.2 Å². The SMILES string of the molecule is O=C(COC(=O)c1ccc(Oc2ccccc2)cc1)c1ccc2c(c1)OCCO2. The summed E-state index contributed by atoms with van der Waals surface area (Å²) in [6.07, 6.45) is 0. The van der Waals surface area contributed by atoms with E-state index in [1.54, 1.807) is 42.5 Å². The maximum atomic E-state index is 12.3. The molecule has 29 heavy (non-hydrogen) atoms. The molecule has 1 aliphatic heterocycles. The molecule has 3 aromatic carbocycles. The highest BCUT2D eigenvalue weighted by Crippen LogP contribution is 2.31. The Balaban J connectivity index is 1.34. The molecule has 0 fully saturated rings. The monoisotopic (exact) mass is 390 g/mol. The Kier molecular flexibility index (Phi) is 5.42. The van der Waals surface area contributed by atoms with Crippen LogP contribution in [0.1, 0.15) is 20.7 Å². The van der Waals surface area contributed by atoms with Gasteiger partial charge in [0.1, 0.15) is 24.7 Å². The molecule has 0 saturated heterocycles. The number of hydrogen-bond acceptors (Lipinski definition) is 6. The van der Waals surface area contributed by atoms with Gasteiger partial charge in [0.2, 0.25) is 0 Å². The molecule has 0 spiro atoms. The number of esters is 1. The van der Waals surface area contributed by atoms with Gasteiger partial charge in [-0.15, -0.1) is 0 Å². The highest BCUT2D eigenvalue weighted by atomic mass is 16.6. The molecule has 0 aliphatic carbocycles. The van der Waals surface area contributed by atoms with Crippen molar-refractivity contribution < 1.29 is 28.5 Å². The molecular weight excluding hydrogens is 372 g/mol. The van der Waals surface area contributed by atoms with Gasteiger partial charge in [0.05, 0.1) is 5.56 Å². The molecule has 0 aromatic heterocycles. The first-order chi connectivity index (χ1) is 14.2. The van der Waals surface area contributed by atoms with Crippen LogP contribution in [0.3, 0.4) is 0 Å². The molecule has 0 radical (unpaired) electrons. The molecule has 146 valence electrons. The number of fused-ring (bicyclic) bond motifs is 1. The molecule has 1 heterocycles. The molecule has 0 amide bonds. The lowest BCUT2D eigenvalue weighted by Crippen LogP contribution is -2.17. The number of hydrogen-bond donors (Lipinski definition) is 0. The minimum absolute atomic E-state index is 0.320. The maximum Gasteiger partial charge on any atom is 0.338 e. The summed E-state index contributed by atoms with van der Waals surface area (Å²) in [4.78, 5) is 24.6. The van der Waals surface area contributed by atoms with E-state index < -0.39 is 5.97 Å². The molecule has 6 nitrogen and oxygen atoms in total. The van der Waals surface area contributed by atoms with Crippen LogP contribution >= 0.6 is 0 Å². The Bertz CT molecular complexity index is 1010. The highest BCUT2D eigenvalue weighted by molar-refractivity contribution is 5.99. The molecule has 0 saturated carbocycles. The summed E-state index contributed by atoms with van der Waals surface area (Å²) < 4.78 is 21.7. The van der Waals surface area contributed by atoms with Gasteiger partial charge in [-0.05, 0) is 54.6 Å². The van der Waals surface area contributed by atoms with Gasteiger partial charge < -0.3 is 18.9 Å². The standard InChI is InChI=1S/C23H18O6/c24-20(17-8-11-21-22(14-17)27-13-12-26-21)15-28-23(25)16-6-9-19(10-7-16)29-18-4-2-1-3-5-18/h1-11,14H,12-13,15H2. The molecule has 1 aliphatic rings. The van der Waals surface area contributed by atoms with Gasteiger partial charge in [0.25, 0.3) is 0 Å². The average Bonchev–Trinajstić information content (AvgIpc) is 2.78. The van der Waals surface area contributed by atoms with Crippen LogP contribution in [0.25, 0.3) is 0 Å². The van der Waals surface area contributed by atoms with Crippen molar-refractivity contribution >= 4 is 11.8 Å². The zero-order valence-corrected chi connectivity index (χ0v) is 15.5. The lowest BCUT2D eigenvalue weighted by Gasteiger charge is -2.18. The van der Waals surface area contributed by atoms with Crippen LogP contribution in [0.5, 0.6) is 23.0 Å². The molecule has 0 atom stereocenters. The second-order valence-corrected chi connectivity index (χ2v) is 6.30. The number of ether oxygens (including phenoxy) is 4. The van der Waals surface area contributed by atoms with Gasteiger partial charge in [0, 0.05) is 5.56 Å². The van der Waals surface area contributed by atoms with E-state index in [2.05, 4.69) is 0 Å². The molecule has 0 N–H and O–H groups in total. The summed E-state index contributed by atoms with van der Waals surface area (Å²) in [7, 11) is 0. The van der Waals surface area contributed by atoms with E-state index in [1.165, 1.54) is 0 Å². The Morgan fingerprint density at radius 1 is 0.759 bits per heavy atom. The first kappa shape index (κ1) is 18.6. The topological polar surface area (TPSA) is 71.1 Å². The molecule has 3 aromatic rings. The Morgan fingerprint density at radius 3 is 2.17 bits per heavy atom. The second kappa shape index (κ2) is 8.48. The number of ketones is 1. The fourth-order valence-corrected chi connectivity index (χ4v) is 2.80. The average molecular weight is 390 g/mol. The van der Waals surface area contributed by atoms with Crippen molar-refractivity contribution in [1.29, 1.82) is 0 Å². The van der Waals surface area contributed by atoms with E-state index in [4.69, 9.17) is 18.9 Å². The van der Waals surface area contributed by atoms with Gasteiger partial charge in [-0.3, -0.25) is 4.79 Å². The summed E-state index contributed by atoms with van der Waals surface area (Å²) >= 11 is 0. The van der Waals surface area contributed by atoms with Gasteiger partial charge in [-0.2, -0.15) is 0 Å². The van der Waals surface area contributed by atoms with Crippen LogP contribution in [0.15, 0.2) is 72.8 Å². The third kappa shape index (κ3) is 4.55. The zero-order chi connectivity index (χ0) is 20.1. The summed E-state index contributed by atoms with van der Waals surface area (Å²) in [5.74, 6) is 1.51. The van der Waals surface area contributed by atoms with Crippen LogP contribution in [-0.4, -0.2) is 31.6 Å². The predicted octanol–water partition coefficient (Wildman–Crippen LogP) is 4.29. The molecule has 6 heteroatoms. The van der Waals surface area contributed by atoms with Gasteiger partial charge in [-0.25, -0.2) is 4.79 Å². The van der Waals surface area contributed by atoms with Gasteiger partial charge >= 0.3 is 5.97 Å². The van der Waals surface area contributed by atoms with Crippen molar-refractivity contribution in [3.05, 3.63) is 83.9 Å². The number of Topliss-reactive ketones (excluding diaryl/α,β-unsaturated/α-hetero) is 1. The normalized spacial score (nSPS) is 12.1.